The summed E-state index contributed by atoms with van der Waals surface area (Å²) in [5.74, 6) is -2.03. The highest BCUT2D eigenvalue weighted by molar-refractivity contribution is 7.11. The van der Waals surface area contributed by atoms with E-state index in [1.165, 1.54) is 0 Å². The van der Waals surface area contributed by atoms with Crippen molar-refractivity contribution in [2.24, 2.45) is 0 Å². The number of hydrogen-bond donors (Lipinski definition) is 1. The Balaban J connectivity index is 2.97. The zero-order chi connectivity index (χ0) is 11.6. The molecule has 3 nitrogen and oxygen atoms in total. The van der Waals surface area contributed by atoms with Gasteiger partial charge in [0.1, 0.15) is 0 Å². The lowest BCUT2D eigenvalue weighted by Crippen LogP contribution is -2.08. The third-order valence-electron chi connectivity index (χ3n) is 1.82. The van der Waals surface area contributed by atoms with Gasteiger partial charge < -0.3 is 5.11 Å². The lowest BCUT2D eigenvalue weighted by molar-refractivity contribution is -0.139. The fourth-order valence-corrected chi connectivity index (χ4v) is 2.04. The van der Waals surface area contributed by atoms with E-state index in [4.69, 9.17) is 5.11 Å². The van der Waals surface area contributed by atoms with Gasteiger partial charge in [0.25, 0.3) is 0 Å². The van der Waals surface area contributed by atoms with E-state index < -0.39 is 23.1 Å². The van der Waals surface area contributed by atoms with Gasteiger partial charge >= 0.3 is 12.1 Å². The van der Waals surface area contributed by atoms with Crippen molar-refractivity contribution in [2.45, 2.75) is 25.4 Å². The average molecular weight is 239 g/mol. The van der Waals surface area contributed by atoms with Gasteiger partial charge in [0.05, 0.1) is 5.92 Å². The first-order valence-electron chi connectivity index (χ1n) is 4.12. The summed E-state index contributed by atoms with van der Waals surface area (Å²) < 4.78 is 36.5. The Kier molecular flexibility index (Phi) is 3.33. The van der Waals surface area contributed by atoms with Crippen molar-refractivity contribution in [3.05, 3.63) is 16.1 Å². The number of carbonyl (C=O) groups is 1. The molecule has 1 aromatic heterocycles. The van der Waals surface area contributed by atoms with Crippen LogP contribution in [0.15, 0.2) is 6.20 Å². The van der Waals surface area contributed by atoms with Crippen LogP contribution in [0.3, 0.4) is 0 Å². The molecule has 1 rings (SSSR count). The van der Waals surface area contributed by atoms with Gasteiger partial charge in [0.15, 0.2) is 5.01 Å². The molecule has 0 bridgehead atoms. The number of hydrogen-bond acceptors (Lipinski definition) is 3. The van der Waals surface area contributed by atoms with Crippen LogP contribution in [0.25, 0.3) is 0 Å². The van der Waals surface area contributed by atoms with Crippen LogP contribution in [0.4, 0.5) is 13.2 Å². The van der Waals surface area contributed by atoms with E-state index in [0.29, 0.717) is 11.3 Å². The number of nitrogens with zero attached hydrogens (tertiary/aromatic N) is 1. The lowest BCUT2D eigenvalue weighted by atomic mass is 10.1. The Morgan fingerprint density at radius 3 is 2.60 bits per heavy atom. The number of carboxylic acids is 1. The summed E-state index contributed by atoms with van der Waals surface area (Å²) in [7, 11) is 0. The Labute approximate surface area is 87.6 Å². The van der Waals surface area contributed by atoms with Crippen LogP contribution in [0, 0.1) is 0 Å². The molecule has 0 saturated carbocycles. The molecule has 1 aromatic rings. The molecule has 15 heavy (non-hydrogen) atoms. The Morgan fingerprint density at radius 1 is 1.67 bits per heavy atom. The standard InChI is InChI=1S/C8H8F3NO2S/c1-2-4(6(13)14)5-3-12-7(15-5)8(9,10)11/h3-4H,2H2,1H3,(H,13,14). The third kappa shape index (κ3) is 2.68. The molecule has 1 N–H and O–H groups in total. The first-order chi connectivity index (χ1) is 6.86. The SMILES string of the molecule is CCC(C(=O)O)c1cnc(C(F)(F)F)s1. The molecule has 1 heterocycles. The first kappa shape index (κ1) is 12.0. The molecule has 7 heteroatoms. The highest BCUT2D eigenvalue weighted by atomic mass is 32.1. The molecule has 0 aliphatic carbocycles. The number of halogens is 3. The smallest absolute Gasteiger partial charge is 0.443 e. The summed E-state index contributed by atoms with van der Waals surface area (Å²) >= 11 is 0.384. The zero-order valence-electron chi connectivity index (χ0n) is 7.71. The molecule has 0 amide bonds. The summed E-state index contributed by atoms with van der Waals surface area (Å²) in [6.45, 7) is 1.60. The van der Waals surface area contributed by atoms with Crippen molar-refractivity contribution in [3.63, 3.8) is 0 Å². The quantitative estimate of drug-likeness (QED) is 0.882. The number of alkyl halides is 3. The van der Waals surface area contributed by atoms with Gasteiger partial charge in [-0.05, 0) is 6.42 Å². The van der Waals surface area contributed by atoms with Gasteiger partial charge in [-0.1, -0.05) is 6.92 Å². The fourth-order valence-electron chi connectivity index (χ4n) is 1.08. The first-order valence-corrected chi connectivity index (χ1v) is 4.93. The summed E-state index contributed by atoms with van der Waals surface area (Å²) in [5.41, 5.74) is 0. The number of rotatable bonds is 3. The van der Waals surface area contributed by atoms with Crippen LogP contribution >= 0.6 is 11.3 Å². The topological polar surface area (TPSA) is 50.2 Å². The molecule has 0 fully saturated rings. The predicted octanol–water partition coefficient (Wildman–Crippen LogP) is 2.74. The van der Waals surface area contributed by atoms with Crippen LogP contribution in [0.5, 0.6) is 0 Å². The third-order valence-corrected chi connectivity index (χ3v) is 2.97. The molecule has 0 aliphatic rings. The van der Waals surface area contributed by atoms with E-state index in [2.05, 4.69) is 4.98 Å². The monoisotopic (exact) mass is 239 g/mol. The van der Waals surface area contributed by atoms with Crippen LogP contribution in [-0.2, 0) is 11.0 Å². The maximum Gasteiger partial charge on any atom is 0.443 e. The molecule has 0 aromatic carbocycles. The van der Waals surface area contributed by atoms with Crippen molar-refractivity contribution in [3.8, 4) is 0 Å². The summed E-state index contributed by atoms with van der Waals surface area (Å²) in [6, 6.07) is 0. The second-order valence-corrected chi connectivity index (χ2v) is 3.93. The molecular weight excluding hydrogens is 231 g/mol. The summed E-state index contributed by atoms with van der Waals surface area (Å²) in [5, 5.41) is 7.73. The number of aliphatic carboxylic acids is 1. The number of aromatic nitrogens is 1. The van der Waals surface area contributed by atoms with Crippen molar-refractivity contribution < 1.29 is 23.1 Å². The molecule has 0 spiro atoms. The van der Waals surface area contributed by atoms with Crippen LogP contribution in [-0.4, -0.2) is 16.1 Å². The normalized spacial score (nSPS) is 13.9. The maximum absolute atomic E-state index is 12.2. The van der Waals surface area contributed by atoms with Gasteiger partial charge in [-0.15, -0.1) is 11.3 Å². The van der Waals surface area contributed by atoms with Gasteiger partial charge in [0.2, 0.25) is 0 Å². The number of carboxylic acid groups (broad SMARTS) is 1. The number of thiazole rings is 1. The molecule has 1 unspecified atom stereocenters. The minimum absolute atomic E-state index is 0.136. The fraction of sp³-hybridized carbons (Fsp3) is 0.500. The molecular formula is C8H8F3NO2S. The zero-order valence-corrected chi connectivity index (χ0v) is 8.52. The van der Waals surface area contributed by atoms with E-state index in [1.807, 2.05) is 0 Å². The lowest BCUT2D eigenvalue weighted by Gasteiger charge is -2.05. The largest absolute Gasteiger partial charge is 0.481 e. The van der Waals surface area contributed by atoms with E-state index >= 15 is 0 Å². The van der Waals surface area contributed by atoms with Gasteiger partial charge in [-0.3, -0.25) is 4.79 Å². The van der Waals surface area contributed by atoms with Crippen molar-refractivity contribution in [2.75, 3.05) is 0 Å². The minimum atomic E-state index is -4.50. The van der Waals surface area contributed by atoms with Crippen LogP contribution in [0.1, 0.15) is 29.1 Å². The predicted molar refractivity (Wildman–Crippen MR) is 47.8 cm³/mol. The van der Waals surface area contributed by atoms with Gasteiger partial charge in [0, 0.05) is 11.1 Å². The summed E-state index contributed by atoms with van der Waals surface area (Å²) in [6.07, 6.45) is -3.27. The summed E-state index contributed by atoms with van der Waals surface area (Å²) in [4.78, 5) is 14.0. The second kappa shape index (κ2) is 4.18. The average Bonchev–Trinajstić information content (AvgIpc) is 2.52. The molecule has 0 saturated heterocycles. The van der Waals surface area contributed by atoms with E-state index in [9.17, 15) is 18.0 Å². The van der Waals surface area contributed by atoms with Gasteiger partial charge in [-0.25, -0.2) is 4.98 Å². The van der Waals surface area contributed by atoms with Crippen molar-refractivity contribution in [1.29, 1.82) is 0 Å². The maximum atomic E-state index is 12.2. The molecule has 0 radical (unpaired) electrons. The van der Waals surface area contributed by atoms with Crippen molar-refractivity contribution in [1.82, 2.24) is 4.98 Å². The van der Waals surface area contributed by atoms with Crippen LogP contribution < -0.4 is 0 Å². The molecule has 1 atom stereocenters. The van der Waals surface area contributed by atoms with E-state index in [1.54, 1.807) is 6.92 Å². The minimum Gasteiger partial charge on any atom is -0.481 e. The highest BCUT2D eigenvalue weighted by Gasteiger charge is 2.35. The Morgan fingerprint density at radius 2 is 2.27 bits per heavy atom. The molecule has 0 aliphatic heterocycles. The van der Waals surface area contributed by atoms with E-state index in [-0.39, 0.29) is 11.3 Å². The van der Waals surface area contributed by atoms with Crippen molar-refractivity contribution >= 4 is 17.3 Å². The van der Waals surface area contributed by atoms with Gasteiger partial charge in [-0.2, -0.15) is 13.2 Å². The second-order valence-electron chi connectivity index (χ2n) is 2.86. The molecule has 84 valence electrons. The van der Waals surface area contributed by atoms with Crippen LogP contribution in [0.2, 0.25) is 0 Å². The Hall–Kier alpha value is -1.11. The Bertz CT molecular complexity index is 361. The van der Waals surface area contributed by atoms with E-state index in [0.717, 1.165) is 6.20 Å². The highest BCUT2D eigenvalue weighted by Crippen LogP contribution is 2.35.